The van der Waals surface area contributed by atoms with Gasteiger partial charge in [-0.15, -0.1) is 6.58 Å². The number of carbonyl (C=O) groups is 3. The summed E-state index contributed by atoms with van der Waals surface area (Å²) in [6.07, 6.45) is 1.91. The van der Waals surface area contributed by atoms with Crippen molar-refractivity contribution in [1.29, 1.82) is 0 Å². The van der Waals surface area contributed by atoms with Crippen LogP contribution in [0.15, 0.2) is 55.1 Å². The maximum absolute atomic E-state index is 13.7. The van der Waals surface area contributed by atoms with Gasteiger partial charge >= 0.3 is 0 Å². The number of nitrogens with one attached hydrogen (secondary N) is 1. The average Bonchev–Trinajstić information content (AvgIpc) is 3.11. The molecule has 0 saturated carbocycles. The first-order valence-electron chi connectivity index (χ1n) is 9.92. The monoisotopic (exact) mass is 457 g/mol. The van der Waals surface area contributed by atoms with Gasteiger partial charge in [0.15, 0.2) is 0 Å². The van der Waals surface area contributed by atoms with Gasteiger partial charge in [-0.3, -0.25) is 19.3 Å². The first-order valence-corrected chi connectivity index (χ1v) is 10.7. The van der Waals surface area contributed by atoms with Crippen molar-refractivity contribution in [1.82, 2.24) is 10.2 Å². The van der Waals surface area contributed by atoms with Gasteiger partial charge in [0.05, 0.1) is 27.3 Å². The minimum Gasteiger partial charge on any atom is -0.346 e. The number of hydrogen-bond donors (Lipinski definition) is 1. The highest BCUT2D eigenvalue weighted by atomic mass is 35.5. The Morgan fingerprint density at radius 1 is 1.23 bits per heavy atom. The van der Waals surface area contributed by atoms with Crippen LogP contribution in [0.5, 0.6) is 0 Å². The molecule has 2 aliphatic rings. The molecule has 6 nitrogen and oxygen atoms in total. The van der Waals surface area contributed by atoms with Gasteiger partial charge in [0.1, 0.15) is 0 Å². The van der Waals surface area contributed by atoms with Crippen LogP contribution in [0.1, 0.15) is 41.7 Å². The fraction of sp³-hybridized carbons (Fsp3) is 0.261. The molecule has 31 heavy (non-hydrogen) atoms. The summed E-state index contributed by atoms with van der Waals surface area (Å²) in [5, 5.41) is 3.77. The molecule has 0 spiro atoms. The van der Waals surface area contributed by atoms with Crippen LogP contribution in [0.25, 0.3) is 0 Å². The summed E-state index contributed by atoms with van der Waals surface area (Å²) in [6.45, 7) is 5.68. The Hall–Kier alpha value is -2.83. The lowest BCUT2D eigenvalue weighted by Gasteiger charge is -2.49. The quantitative estimate of drug-likeness (QED) is 0.678. The number of halogens is 2. The van der Waals surface area contributed by atoms with Crippen LogP contribution in [0.2, 0.25) is 10.0 Å². The van der Waals surface area contributed by atoms with Gasteiger partial charge in [-0.25, -0.2) is 0 Å². The zero-order chi connectivity index (χ0) is 22.3. The van der Waals surface area contributed by atoms with E-state index < -0.39 is 17.6 Å². The number of carbonyl (C=O) groups excluding carboxylic acids is 3. The summed E-state index contributed by atoms with van der Waals surface area (Å²) in [7, 11) is 0. The van der Waals surface area contributed by atoms with E-state index in [4.69, 9.17) is 23.2 Å². The summed E-state index contributed by atoms with van der Waals surface area (Å²) in [5.41, 5.74) is 0.141. The average molecular weight is 458 g/mol. The maximum Gasteiger partial charge on any atom is 0.267 e. The minimum absolute atomic E-state index is 0.130. The van der Waals surface area contributed by atoms with Crippen LogP contribution in [0.3, 0.4) is 0 Å². The molecule has 1 N–H and O–H groups in total. The highest BCUT2D eigenvalue weighted by Gasteiger charge is 2.60. The fourth-order valence-electron chi connectivity index (χ4n) is 4.34. The molecule has 2 aromatic carbocycles. The van der Waals surface area contributed by atoms with Gasteiger partial charge < -0.3 is 10.2 Å². The summed E-state index contributed by atoms with van der Waals surface area (Å²) in [5.74, 6) is -0.938. The summed E-state index contributed by atoms with van der Waals surface area (Å²) < 4.78 is 0. The first kappa shape index (κ1) is 21.4. The third kappa shape index (κ3) is 3.30. The van der Waals surface area contributed by atoms with Crippen LogP contribution in [0, 0.1) is 0 Å². The van der Waals surface area contributed by atoms with E-state index in [9.17, 15) is 14.4 Å². The van der Waals surface area contributed by atoms with Crippen LogP contribution in [-0.2, 0) is 9.59 Å². The number of amides is 3. The molecule has 2 aliphatic heterocycles. The molecule has 2 aromatic rings. The normalized spacial score (nSPS) is 20.9. The second-order valence-corrected chi connectivity index (χ2v) is 8.45. The van der Waals surface area contributed by atoms with Crippen molar-refractivity contribution in [3.8, 4) is 0 Å². The second kappa shape index (κ2) is 8.02. The molecule has 2 unspecified atom stereocenters. The lowest BCUT2D eigenvalue weighted by molar-refractivity contribution is -0.134. The lowest BCUT2D eigenvalue weighted by Crippen LogP contribution is -2.70. The topological polar surface area (TPSA) is 69.7 Å². The van der Waals surface area contributed by atoms with Gasteiger partial charge in [0.25, 0.3) is 11.8 Å². The highest BCUT2D eigenvalue weighted by Crippen LogP contribution is 2.44. The zero-order valence-corrected chi connectivity index (χ0v) is 18.4. The van der Waals surface area contributed by atoms with Gasteiger partial charge in [-0.05, 0) is 36.8 Å². The van der Waals surface area contributed by atoms with Gasteiger partial charge in [0.2, 0.25) is 11.6 Å². The van der Waals surface area contributed by atoms with Gasteiger partial charge in [-0.2, -0.15) is 0 Å². The Labute approximate surface area is 190 Å². The largest absolute Gasteiger partial charge is 0.346 e. The number of anilines is 1. The third-order valence-corrected chi connectivity index (χ3v) is 6.58. The molecular formula is C23H21Cl2N3O3. The van der Waals surface area contributed by atoms with Crippen molar-refractivity contribution in [3.05, 3.63) is 76.3 Å². The van der Waals surface area contributed by atoms with E-state index in [1.165, 1.54) is 9.80 Å². The Kier molecular flexibility index (Phi) is 5.54. The fourth-order valence-corrected chi connectivity index (χ4v) is 4.65. The standard InChI is InChI=1S/C23H21Cl2N3O3/c1-3-12-27-21(30)16-6-4-5-7-19(16)28-20(29)10-11-23(27,28)22(31)26-14(2)15-8-9-17(24)18(25)13-15/h3-9,13-14H,1,10-12H2,2H3,(H,26,31). The van der Waals surface area contributed by atoms with Crippen molar-refractivity contribution < 1.29 is 14.4 Å². The van der Waals surface area contributed by atoms with Crippen LogP contribution in [-0.4, -0.2) is 34.8 Å². The number of benzene rings is 2. The Morgan fingerprint density at radius 3 is 2.68 bits per heavy atom. The summed E-state index contributed by atoms with van der Waals surface area (Å²) >= 11 is 12.1. The first-order chi connectivity index (χ1) is 14.8. The number of fused-ring (bicyclic) bond motifs is 3. The van der Waals surface area contributed by atoms with E-state index in [1.807, 2.05) is 6.92 Å². The number of hydrogen-bond acceptors (Lipinski definition) is 3. The molecule has 1 fully saturated rings. The minimum atomic E-state index is -1.46. The number of nitrogens with zero attached hydrogens (tertiary/aromatic N) is 2. The molecule has 2 heterocycles. The highest BCUT2D eigenvalue weighted by molar-refractivity contribution is 6.42. The van der Waals surface area contributed by atoms with Crippen molar-refractivity contribution in [2.45, 2.75) is 31.5 Å². The van der Waals surface area contributed by atoms with Crippen LogP contribution < -0.4 is 10.2 Å². The van der Waals surface area contributed by atoms with Crippen molar-refractivity contribution in [2.75, 3.05) is 11.4 Å². The predicted molar refractivity (Wildman–Crippen MR) is 120 cm³/mol. The molecular weight excluding hydrogens is 437 g/mol. The van der Waals surface area contributed by atoms with Crippen LogP contribution in [0.4, 0.5) is 5.69 Å². The molecule has 160 valence electrons. The van der Waals surface area contributed by atoms with Crippen molar-refractivity contribution in [3.63, 3.8) is 0 Å². The molecule has 0 aliphatic carbocycles. The third-order valence-electron chi connectivity index (χ3n) is 5.84. The van der Waals surface area contributed by atoms with Gasteiger partial charge in [0, 0.05) is 19.4 Å². The smallest absolute Gasteiger partial charge is 0.267 e. The molecule has 0 radical (unpaired) electrons. The van der Waals surface area contributed by atoms with E-state index in [0.29, 0.717) is 21.3 Å². The molecule has 1 saturated heterocycles. The van der Waals surface area contributed by atoms with Crippen LogP contribution >= 0.6 is 23.2 Å². The molecule has 2 atom stereocenters. The van der Waals surface area contributed by atoms with E-state index in [2.05, 4.69) is 11.9 Å². The van der Waals surface area contributed by atoms with E-state index in [1.54, 1.807) is 48.5 Å². The maximum atomic E-state index is 13.7. The molecule has 0 aromatic heterocycles. The number of rotatable bonds is 5. The Morgan fingerprint density at radius 2 is 1.97 bits per heavy atom. The second-order valence-electron chi connectivity index (χ2n) is 7.64. The zero-order valence-electron chi connectivity index (χ0n) is 16.9. The Bertz CT molecular complexity index is 1100. The molecule has 4 rings (SSSR count). The summed E-state index contributed by atoms with van der Waals surface area (Å²) in [4.78, 5) is 42.9. The molecule has 8 heteroatoms. The Balaban J connectivity index is 1.77. The van der Waals surface area contributed by atoms with Crippen molar-refractivity contribution >= 4 is 46.6 Å². The van der Waals surface area contributed by atoms with E-state index in [-0.39, 0.29) is 31.2 Å². The van der Waals surface area contributed by atoms with Gasteiger partial charge in [-0.1, -0.05) is 47.5 Å². The predicted octanol–water partition coefficient (Wildman–Crippen LogP) is 4.34. The van der Waals surface area contributed by atoms with Crippen molar-refractivity contribution in [2.24, 2.45) is 0 Å². The van der Waals surface area contributed by atoms with E-state index >= 15 is 0 Å². The summed E-state index contributed by atoms with van der Waals surface area (Å²) in [6, 6.07) is 11.6. The van der Waals surface area contributed by atoms with E-state index in [0.717, 1.165) is 5.56 Å². The lowest BCUT2D eigenvalue weighted by atomic mass is 9.95. The molecule has 3 amide bonds. The molecule has 0 bridgehead atoms. The number of para-hydroxylation sites is 1. The SMILES string of the molecule is C=CCN1C(=O)c2ccccc2N2C(=O)CCC12C(=O)NC(C)c1ccc(Cl)c(Cl)c1.